The number of carboxylic acids is 1. The van der Waals surface area contributed by atoms with E-state index in [9.17, 15) is 9.59 Å². The van der Waals surface area contributed by atoms with Gasteiger partial charge in [0.2, 0.25) is 0 Å². The Hall–Kier alpha value is -2.24. The molecule has 1 aromatic rings. The summed E-state index contributed by atoms with van der Waals surface area (Å²) in [5, 5.41) is 11.6. The molecule has 6 nitrogen and oxygen atoms in total. The summed E-state index contributed by atoms with van der Waals surface area (Å²) >= 11 is 0. The van der Waals surface area contributed by atoms with E-state index in [1.807, 2.05) is 0 Å². The number of carbonyl (C=O) groups is 2. The summed E-state index contributed by atoms with van der Waals surface area (Å²) in [6.45, 7) is 3.14. The number of ether oxygens (including phenoxy) is 1. The van der Waals surface area contributed by atoms with E-state index in [4.69, 9.17) is 15.6 Å². The van der Waals surface area contributed by atoms with E-state index in [0.29, 0.717) is 5.75 Å². The van der Waals surface area contributed by atoms with Crippen molar-refractivity contribution in [2.45, 2.75) is 25.8 Å². The molecule has 0 radical (unpaired) electrons. The molecule has 0 bridgehead atoms. The van der Waals surface area contributed by atoms with Gasteiger partial charge in [-0.3, -0.25) is 4.79 Å². The lowest BCUT2D eigenvalue weighted by Gasteiger charge is -2.24. The Balaban J connectivity index is 2.98. The zero-order valence-electron chi connectivity index (χ0n) is 11.2. The van der Waals surface area contributed by atoms with E-state index in [0.717, 1.165) is 0 Å². The third-order valence-electron chi connectivity index (χ3n) is 3.07. The van der Waals surface area contributed by atoms with Crippen molar-refractivity contribution in [2.75, 3.05) is 12.8 Å². The Morgan fingerprint density at radius 3 is 2.53 bits per heavy atom. The first-order valence-electron chi connectivity index (χ1n) is 5.83. The van der Waals surface area contributed by atoms with Gasteiger partial charge in [-0.15, -0.1) is 0 Å². The van der Waals surface area contributed by atoms with E-state index in [2.05, 4.69) is 5.32 Å². The summed E-state index contributed by atoms with van der Waals surface area (Å²) in [6.07, 6.45) is 0.268. The average molecular weight is 266 g/mol. The number of benzene rings is 1. The zero-order chi connectivity index (χ0) is 14.6. The second kappa shape index (κ2) is 5.60. The van der Waals surface area contributed by atoms with Crippen LogP contribution in [0.2, 0.25) is 0 Å². The molecule has 0 heterocycles. The molecular weight excluding hydrogens is 248 g/mol. The van der Waals surface area contributed by atoms with E-state index in [1.165, 1.54) is 26.2 Å². The number of hydrogen-bond acceptors (Lipinski definition) is 4. The van der Waals surface area contributed by atoms with Crippen molar-refractivity contribution < 1.29 is 19.4 Å². The van der Waals surface area contributed by atoms with Gasteiger partial charge in [0, 0.05) is 11.8 Å². The van der Waals surface area contributed by atoms with Crippen LogP contribution in [0.25, 0.3) is 0 Å². The van der Waals surface area contributed by atoms with E-state index in [1.54, 1.807) is 13.0 Å². The van der Waals surface area contributed by atoms with Gasteiger partial charge in [0.25, 0.3) is 5.91 Å². The van der Waals surface area contributed by atoms with Crippen LogP contribution in [0.1, 0.15) is 30.6 Å². The molecular formula is C13H18N2O4. The van der Waals surface area contributed by atoms with Gasteiger partial charge in [-0.05, 0) is 25.5 Å². The minimum atomic E-state index is -1.32. The maximum Gasteiger partial charge on any atom is 0.329 e. The number of carbonyl (C=O) groups excluding carboxylic acids is 1. The number of nitrogen functional groups attached to an aromatic ring is 1. The average Bonchev–Trinajstić information content (AvgIpc) is 2.37. The maximum atomic E-state index is 12.0. The monoisotopic (exact) mass is 266 g/mol. The van der Waals surface area contributed by atoms with Crippen molar-refractivity contribution >= 4 is 17.6 Å². The smallest absolute Gasteiger partial charge is 0.329 e. The van der Waals surface area contributed by atoms with Gasteiger partial charge in [-0.1, -0.05) is 6.92 Å². The number of anilines is 1. The molecule has 0 aromatic heterocycles. The van der Waals surface area contributed by atoms with Crippen molar-refractivity contribution in [1.82, 2.24) is 5.32 Å². The SMILES string of the molecule is CCC(C)(NC(=O)c1ccc(OC)cc1N)C(=O)O. The predicted molar refractivity (Wildman–Crippen MR) is 71.2 cm³/mol. The van der Waals surface area contributed by atoms with Crippen LogP contribution in [0.5, 0.6) is 5.75 Å². The maximum absolute atomic E-state index is 12.0. The fraction of sp³-hybridized carbons (Fsp3) is 0.385. The molecule has 0 fully saturated rings. The molecule has 1 amide bonds. The summed E-state index contributed by atoms with van der Waals surface area (Å²) in [7, 11) is 1.49. The lowest BCUT2D eigenvalue weighted by Crippen LogP contribution is -2.51. The first kappa shape index (κ1) is 14.8. The Kier molecular flexibility index (Phi) is 4.37. The predicted octanol–water partition coefficient (Wildman–Crippen LogP) is 1.26. The van der Waals surface area contributed by atoms with Gasteiger partial charge in [-0.25, -0.2) is 4.79 Å². The largest absolute Gasteiger partial charge is 0.497 e. The zero-order valence-corrected chi connectivity index (χ0v) is 11.2. The van der Waals surface area contributed by atoms with Crippen molar-refractivity contribution in [1.29, 1.82) is 0 Å². The van der Waals surface area contributed by atoms with Crippen LogP contribution in [0.15, 0.2) is 18.2 Å². The molecule has 1 atom stereocenters. The van der Waals surface area contributed by atoms with Crippen molar-refractivity contribution in [3.05, 3.63) is 23.8 Å². The number of nitrogens with one attached hydrogen (secondary N) is 1. The summed E-state index contributed by atoms with van der Waals surface area (Å²) in [6, 6.07) is 4.61. The highest BCUT2D eigenvalue weighted by molar-refractivity contribution is 6.01. The molecule has 4 N–H and O–H groups in total. The lowest BCUT2D eigenvalue weighted by molar-refractivity contribution is -0.143. The standard InChI is InChI=1S/C13H18N2O4/c1-4-13(2,12(17)18)15-11(16)9-6-5-8(19-3)7-10(9)14/h5-7H,4,14H2,1-3H3,(H,15,16)(H,17,18). The van der Waals surface area contributed by atoms with E-state index in [-0.39, 0.29) is 17.7 Å². The second-order valence-electron chi connectivity index (χ2n) is 4.40. The fourth-order valence-electron chi connectivity index (χ4n) is 1.49. The fourth-order valence-corrected chi connectivity index (χ4v) is 1.49. The van der Waals surface area contributed by atoms with Crippen LogP contribution in [0, 0.1) is 0 Å². The number of carboxylic acid groups (broad SMARTS) is 1. The Bertz CT molecular complexity index is 501. The summed E-state index contributed by atoms with van der Waals surface area (Å²) < 4.78 is 4.98. The van der Waals surface area contributed by atoms with Gasteiger partial charge in [-0.2, -0.15) is 0 Å². The van der Waals surface area contributed by atoms with E-state index < -0.39 is 17.4 Å². The number of nitrogens with two attached hydrogens (primary N) is 1. The number of methoxy groups -OCH3 is 1. The van der Waals surface area contributed by atoms with Gasteiger partial charge < -0.3 is 20.9 Å². The highest BCUT2D eigenvalue weighted by Gasteiger charge is 2.33. The van der Waals surface area contributed by atoms with Crippen LogP contribution >= 0.6 is 0 Å². The summed E-state index contributed by atoms with van der Waals surface area (Å²) in [5.41, 5.74) is 4.89. The number of amides is 1. The van der Waals surface area contributed by atoms with Crippen molar-refractivity contribution in [3.8, 4) is 5.75 Å². The molecule has 1 unspecified atom stereocenters. The molecule has 0 saturated heterocycles. The molecule has 0 aliphatic heterocycles. The molecule has 0 spiro atoms. The third-order valence-corrected chi connectivity index (χ3v) is 3.07. The van der Waals surface area contributed by atoms with Gasteiger partial charge in [0.05, 0.1) is 12.7 Å². The first-order chi connectivity index (χ1) is 8.84. The van der Waals surface area contributed by atoms with Gasteiger partial charge in [0.15, 0.2) is 0 Å². The molecule has 6 heteroatoms. The second-order valence-corrected chi connectivity index (χ2v) is 4.40. The minimum absolute atomic E-state index is 0.224. The van der Waals surface area contributed by atoms with E-state index >= 15 is 0 Å². The van der Waals surface area contributed by atoms with Gasteiger partial charge >= 0.3 is 5.97 Å². The topological polar surface area (TPSA) is 102 Å². The molecule has 0 aliphatic carbocycles. The van der Waals surface area contributed by atoms with Crippen molar-refractivity contribution in [2.24, 2.45) is 0 Å². The molecule has 0 aliphatic rings. The van der Waals surface area contributed by atoms with Crippen LogP contribution in [-0.2, 0) is 4.79 Å². The molecule has 1 rings (SSSR count). The van der Waals surface area contributed by atoms with Crippen LogP contribution in [0.3, 0.4) is 0 Å². The number of rotatable bonds is 5. The highest BCUT2D eigenvalue weighted by Crippen LogP contribution is 2.20. The lowest BCUT2D eigenvalue weighted by atomic mass is 9.98. The Labute approximate surface area is 111 Å². The summed E-state index contributed by atoms with van der Waals surface area (Å²) in [5.74, 6) is -1.08. The Morgan fingerprint density at radius 2 is 2.11 bits per heavy atom. The van der Waals surface area contributed by atoms with Gasteiger partial charge in [0.1, 0.15) is 11.3 Å². The third kappa shape index (κ3) is 3.15. The number of hydrogen-bond donors (Lipinski definition) is 3. The molecule has 0 saturated carbocycles. The number of aliphatic carboxylic acids is 1. The van der Waals surface area contributed by atoms with Crippen LogP contribution in [-0.4, -0.2) is 29.6 Å². The van der Waals surface area contributed by atoms with Crippen LogP contribution < -0.4 is 15.8 Å². The Morgan fingerprint density at radius 1 is 1.47 bits per heavy atom. The molecule has 19 heavy (non-hydrogen) atoms. The van der Waals surface area contributed by atoms with Crippen molar-refractivity contribution in [3.63, 3.8) is 0 Å². The normalized spacial score (nSPS) is 13.4. The minimum Gasteiger partial charge on any atom is -0.497 e. The first-order valence-corrected chi connectivity index (χ1v) is 5.83. The summed E-state index contributed by atoms with van der Waals surface area (Å²) in [4.78, 5) is 23.2. The molecule has 1 aromatic carbocycles. The van der Waals surface area contributed by atoms with Crippen LogP contribution in [0.4, 0.5) is 5.69 Å². The quantitative estimate of drug-likeness (QED) is 0.696. The molecule has 104 valence electrons. The highest BCUT2D eigenvalue weighted by atomic mass is 16.5.